The molecule has 1 atom stereocenters. The Kier molecular flexibility index (Phi) is 7.11. The first-order valence-electron chi connectivity index (χ1n) is 12.6. The van der Waals surface area contributed by atoms with Crippen molar-refractivity contribution in [1.29, 1.82) is 5.26 Å². The van der Waals surface area contributed by atoms with Gasteiger partial charge in [-0.05, 0) is 54.8 Å². The van der Waals surface area contributed by atoms with Crippen LogP contribution in [0.5, 0.6) is 0 Å². The first kappa shape index (κ1) is 24.4. The van der Waals surface area contributed by atoms with Crippen LogP contribution in [-0.4, -0.2) is 47.0 Å². The van der Waals surface area contributed by atoms with Crippen molar-refractivity contribution in [3.63, 3.8) is 0 Å². The number of rotatable bonds is 6. The van der Waals surface area contributed by atoms with Gasteiger partial charge in [-0.15, -0.1) is 0 Å². The molecule has 5 rings (SSSR count). The highest BCUT2D eigenvalue weighted by molar-refractivity contribution is 5.98. The van der Waals surface area contributed by atoms with E-state index in [1.165, 1.54) is 5.56 Å². The summed E-state index contributed by atoms with van der Waals surface area (Å²) in [6.45, 7) is 8.11. The van der Waals surface area contributed by atoms with Crippen molar-refractivity contribution in [1.82, 2.24) is 14.9 Å². The van der Waals surface area contributed by atoms with Gasteiger partial charge >= 0.3 is 0 Å². The molecule has 1 amide bonds. The van der Waals surface area contributed by atoms with Gasteiger partial charge in [0.05, 0.1) is 17.1 Å². The number of carbonyl (C=O) groups is 1. The van der Waals surface area contributed by atoms with E-state index in [9.17, 15) is 10.1 Å². The molecule has 4 aromatic rings. The highest BCUT2D eigenvalue weighted by Crippen LogP contribution is 2.29. The van der Waals surface area contributed by atoms with Crippen LogP contribution in [0, 0.1) is 25.2 Å². The van der Waals surface area contributed by atoms with Gasteiger partial charge < -0.3 is 10.2 Å². The van der Waals surface area contributed by atoms with Gasteiger partial charge in [0.2, 0.25) is 5.91 Å². The fraction of sp³-hybridized carbons (Fsp3) is 0.267. The fourth-order valence-corrected chi connectivity index (χ4v) is 4.67. The van der Waals surface area contributed by atoms with E-state index in [0.717, 1.165) is 49.4 Å². The molecule has 1 saturated heterocycles. The Morgan fingerprint density at radius 3 is 2.27 bits per heavy atom. The first-order chi connectivity index (χ1) is 18.0. The number of para-hydroxylation sites is 2. The van der Waals surface area contributed by atoms with E-state index < -0.39 is 11.8 Å². The minimum Gasteiger partial charge on any atom is -0.352 e. The molecule has 2 heterocycles. The summed E-state index contributed by atoms with van der Waals surface area (Å²) in [6.07, 6.45) is 0. The lowest BCUT2D eigenvalue weighted by molar-refractivity contribution is -0.116. The number of carbonyl (C=O) groups excluding carboxylic acids is 1. The zero-order valence-corrected chi connectivity index (χ0v) is 21.2. The van der Waals surface area contributed by atoms with Gasteiger partial charge in [-0.3, -0.25) is 9.69 Å². The Bertz CT molecular complexity index is 1450. The lowest BCUT2D eigenvalue weighted by Gasteiger charge is -2.36. The number of fused-ring (bicyclic) bond motifs is 1. The number of hydrogen-bond donors (Lipinski definition) is 1. The summed E-state index contributed by atoms with van der Waals surface area (Å²) in [5, 5.41) is 13.0. The minimum absolute atomic E-state index is 0.402. The maximum Gasteiger partial charge on any atom is 0.248 e. The second-order valence-corrected chi connectivity index (χ2v) is 9.52. The van der Waals surface area contributed by atoms with Gasteiger partial charge in [0.1, 0.15) is 5.69 Å². The molecule has 0 spiro atoms. The third-order valence-corrected chi connectivity index (χ3v) is 6.94. The molecular formula is C30H30N6O. The number of benzene rings is 3. The first-order valence-corrected chi connectivity index (χ1v) is 12.6. The van der Waals surface area contributed by atoms with Gasteiger partial charge in [-0.1, -0.05) is 48.5 Å². The Morgan fingerprint density at radius 2 is 1.59 bits per heavy atom. The normalized spacial score (nSPS) is 14.8. The fourth-order valence-electron chi connectivity index (χ4n) is 4.67. The standard InChI is InChI=1S/C30H30N6O/c1-21-12-13-24(18-22(21)2)32-30(37)25(19-31)28-29(34-27-11-7-6-10-26(27)33-28)36-16-14-35(15-17-36)20-23-8-4-3-5-9-23/h3-13,18,25H,14-17,20H2,1-2H3,(H,32,37)/t25-/m1/s1. The maximum atomic E-state index is 13.3. The summed E-state index contributed by atoms with van der Waals surface area (Å²) in [7, 11) is 0. The summed E-state index contributed by atoms with van der Waals surface area (Å²) in [5.74, 6) is -0.879. The Balaban J connectivity index is 1.41. The van der Waals surface area contributed by atoms with Crippen molar-refractivity contribution in [3.05, 3.63) is 95.2 Å². The molecule has 0 radical (unpaired) electrons. The van der Waals surface area contributed by atoms with Crippen LogP contribution in [-0.2, 0) is 11.3 Å². The number of nitrogens with zero attached hydrogens (tertiary/aromatic N) is 5. The third-order valence-electron chi connectivity index (χ3n) is 6.94. The minimum atomic E-state index is -1.09. The van der Waals surface area contributed by atoms with E-state index in [0.29, 0.717) is 22.7 Å². The number of anilines is 2. The quantitative estimate of drug-likeness (QED) is 0.417. The smallest absolute Gasteiger partial charge is 0.248 e. The predicted molar refractivity (Wildman–Crippen MR) is 146 cm³/mol. The lowest BCUT2D eigenvalue weighted by Crippen LogP contribution is -2.46. The largest absolute Gasteiger partial charge is 0.352 e. The van der Waals surface area contributed by atoms with Crippen LogP contribution < -0.4 is 10.2 Å². The van der Waals surface area contributed by atoms with E-state index in [1.54, 1.807) is 0 Å². The molecule has 1 aliphatic rings. The second-order valence-electron chi connectivity index (χ2n) is 9.52. The Morgan fingerprint density at radius 1 is 0.919 bits per heavy atom. The van der Waals surface area contributed by atoms with E-state index in [4.69, 9.17) is 9.97 Å². The monoisotopic (exact) mass is 490 g/mol. The Labute approximate surface area is 217 Å². The van der Waals surface area contributed by atoms with E-state index in [-0.39, 0.29) is 0 Å². The maximum absolute atomic E-state index is 13.3. The molecule has 1 aliphatic heterocycles. The molecule has 1 fully saturated rings. The third kappa shape index (κ3) is 5.45. The van der Waals surface area contributed by atoms with E-state index in [2.05, 4.69) is 45.5 Å². The summed E-state index contributed by atoms with van der Waals surface area (Å²) >= 11 is 0. The molecular weight excluding hydrogens is 460 g/mol. The van der Waals surface area contributed by atoms with Crippen LogP contribution in [0.2, 0.25) is 0 Å². The lowest BCUT2D eigenvalue weighted by atomic mass is 10.0. The summed E-state index contributed by atoms with van der Waals surface area (Å²) in [6, 6.07) is 26.0. The van der Waals surface area contributed by atoms with Crippen molar-refractivity contribution in [2.75, 3.05) is 36.4 Å². The summed E-state index contributed by atoms with van der Waals surface area (Å²) in [4.78, 5) is 27.6. The van der Waals surface area contributed by atoms with Crippen molar-refractivity contribution in [2.45, 2.75) is 26.3 Å². The number of hydrogen-bond acceptors (Lipinski definition) is 6. The van der Waals surface area contributed by atoms with Crippen molar-refractivity contribution >= 4 is 28.4 Å². The zero-order valence-electron chi connectivity index (χ0n) is 21.2. The average Bonchev–Trinajstić information content (AvgIpc) is 2.92. The molecule has 7 heteroatoms. The summed E-state index contributed by atoms with van der Waals surface area (Å²) in [5.41, 5.74) is 5.99. The average molecular weight is 491 g/mol. The predicted octanol–water partition coefficient (Wildman–Crippen LogP) is 4.81. The Hall–Kier alpha value is -4.28. The van der Waals surface area contributed by atoms with Crippen LogP contribution in [0.3, 0.4) is 0 Å². The second kappa shape index (κ2) is 10.8. The molecule has 7 nitrogen and oxygen atoms in total. The van der Waals surface area contributed by atoms with Gasteiger partial charge in [-0.25, -0.2) is 9.97 Å². The number of amides is 1. The van der Waals surface area contributed by atoms with Crippen LogP contribution >= 0.6 is 0 Å². The highest BCUT2D eigenvalue weighted by atomic mass is 16.1. The van der Waals surface area contributed by atoms with Crippen LogP contribution in [0.4, 0.5) is 11.5 Å². The van der Waals surface area contributed by atoms with Crippen molar-refractivity contribution in [3.8, 4) is 6.07 Å². The molecule has 1 aromatic heterocycles. The molecule has 186 valence electrons. The molecule has 1 N–H and O–H groups in total. The number of nitriles is 1. The van der Waals surface area contributed by atoms with E-state index >= 15 is 0 Å². The van der Waals surface area contributed by atoms with Gasteiger partial charge in [0.15, 0.2) is 11.7 Å². The number of aromatic nitrogens is 2. The van der Waals surface area contributed by atoms with Crippen LogP contribution in [0.1, 0.15) is 28.3 Å². The molecule has 0 aliphatic carbocycles. The molecule has 37 heavy (non-hydrogen) atoms. The van der Waals surface area contributed by atoms with Crippen molar-refractivity contribution in [2.24, 2.45) is 0 Å². The number of piperazine rings is 1. The SMILES string of the molecule is Cc1ccc(NC(=O)[C@H](C#N)c2nc3ccccc3nc2N2CCN(Cc3ccccc3)CC2)cc1C. The molecule has 0 unspecified atom stereocenters. The summed E-state index contributed by atoms with van der Waals surface area (Å²) < 4.78 is 0. The van der Waals surface area contributed by atoms with Crippen LogP contribution in [0.15, 0.2) is 72.8 Å². The van der Waals surface area contributed by atoms with E-state index in [1.807, 2.05) is 62.4 Å². The van der Waals surface area contributed by atoms with Gasteiger partial charge in [-0.2, -0.15) is 5.26 Å². The van der Waals surface area contributed by atoms with Crippen LogP contribution in [0.25, 0.3) is 11.0 Å². The molecule has 0 bridgehead atoms. The highest BCUT2D eigenvalue weighted by Gasteiger charge is 2.30. The molecule has 3 aromatic carbocycles. The topological polar surface area (TPSA) is 85.1 Å². The zero-order chi connectivity index (χ0) is 25.8. The number of aryl methyl sites for hydroxylation is 2. The van der Waals surface area contributed by atoms with Crippen molar-refractivity contribution < 1.29 is 4.79 Å². The van der Waals surface area contributed by atoms with Gasteiger partial charge in [0, 0.05) is 38.4 Å². The van der Waals surface area contributed by atoms with Gasteiger partial charge in [0.25, 0.3) is 0 Å². The number of nitrogens with one attached hydrogen (secondary N) is 1. The molecule has 0 saturated carbocycles.